The summed E-state index contributed by atoms with van der Waals surface area (Å²) in [6.07, 6.45) is 62.8. The number of aliphatic hydroxyl groups is 1. The summed E-state index contributed by atoms with van der Waals surface area (Å²) < 4.78 is 68.5. The van der Waals surface area contributed by atoms with Gasteiger partial charge in [0.2, 0.25) is 0 Å². The van der Waals surface area contributed by atoms with Gasteiger partial charge in [-0.1, -0.05) is 369 Å². The molecule has 2 unspecified atom stereocenters. The summed E-state index contributed by atoms with van der Waals surface area (Å²) in [4.78, 5) is 72.8. The molecular weight excluding hydrogens is 1280 g/mol. The van der Waals surface area contributed by atoms with Crippen LogP contribution in [-0.2, 0) is 65.4 Å². The lowest BCUT2D eigenvalue weighted by Crippen LogP contribution is -2.30. The largest absolute Gasteiger partial charge is 0.472 e. The number of phosphoric ester groups is 2. The molecule has 0 aromatic rings. The Morgan fingerprint density at radius 1 is 0.276 bits per heavy atom. The molecule has 0 bridgehead atoms. The highest BCUT2D eigenvalue weighted by Crippen LogP contribution is 2.45. The predicted molar refractivity (Wildman–Crippen MR) is 400 cm³/mol. The number of esters is 4. The summed E-state index contributed by atoms with van der Waals surface area (Å²) in [5, 5.41) is 10.6. The first-order valence-electron chi connectivity index (χ1n) is 41.1. The van der Waals surface area contributed by atoms with Crippen LogP contribution in [0.25, 0.3) is 0 Å². The Hall–Kier alpha value is -1.94. The van der Waals surface area contributed by atoms with Crippen LogP contribution < -0.4 is 0 Å². The van der Waals surface area contributed by atoms with E-state index < -0.39 is 97.5 Å². The second-order valence-corrected chi connectivity index (χ2v) is 31.8. The zero-order valence-corrected chi connectivity index (χ0v) is 65.7. The first-order valence-corrected chi connectivity index (χ1v) is 44.1. The second-order valence-electron chi connectivity index (χ2n) is 28.9. The number of hydrogen-bond donors (Lipinski definition) is 3. The van der Waals surface area contributed by atoms with Crippen molar-refractivity contribution < 1.29 is 80.2 Å². The zero-order chi connectivity index (χ0) is 71.9. The van der Waals surface area contributed by atoms with Crippen molar-refractivity contribution in [3.05, 3.63) is 0 Å². The summed E-state index contributed by atoms with van der Waals surface area (Å²) in [6, 6.07) is 0. The fraction of sp³-hybridized carbons (Fsp3) is 0.949. The van der Waals surface area contributed by atoms with E-state index in [1.807, 2.05) is 0 Å². The minimum Gasteiger partial charge on any atom is -0.462 e. The van der Waals surface area contributed by atoms with Crippen LogP contribution in [0.15, 0.2) is 0 Å². The maximum Gasteiger partial charge on any atom is 0.472 e. The molecule has 0 saturated heterocycles. The molecule has 0 rings (SSSR count). The maximum atomic E-state index is 13.1. The van der Waals surface area contributed by atoms with E-state index in [0.717, 1.165) is 109 Å². The average Bonchev–Trinajstić information content (AvgIpc) is 0.980. The first kappa shape index (κ1) is 96.1. The maximum absolute atomic E-state index is 13.1. The third kappa shape index (κ3) is 72.4. The molecular formula is C79H154O17P2. The summed E-state index contributed by atoms with van der Waals surface area (Å²) in [6.45, 7) is 7.24. The zero-order valence-electron chi connectivity index (χ0n) is 63.9. The van der Waals surface area contributed by atoms with Gasteiger partial charge < -0.3 is 33.8 Å². The molecule has 0 radical (unpaired) electrons. The number of rotatable bonds is 79. The molecule has 0 aliphatic carbocycles. The molecule has 582 valence electrons. The molecule has 3 N–H and O–H groups in total. The van der Waals surface area contributed by atoms with Gasteiger partial charge in [-0.3, -0.25) is 37.3 Å². The Labute approximate surface area is 600 Å². The number of aliphatic hydroxyl groups excluding tert-OH is 1. The summed E-state index contributed by atoms with van der Waals surface area (Å²) in [5.41, 5.74) is 0. The first-order chi connectivity index (χ1) is 47.5. The highest BCUT2D eigenvalue weighted by molar-refractivity contribution is 7.47. The van der Waals surface area contributed by atoms with Gasteiger partial charge in [0, 0.05) is 25.7 Å². The molecule has 5 atom stereocenters. The molecule has 17 nitrogen and oxygen atoms in total. The highest BCUT2D eigenvalue weighted by atomic mass is 31.2. The quantitative estimate of drug-likeness (QED) is 0.0222. The van der Waals surface area contributed by atoms with Crippen LogP contribution in [0, 0.1) is 5.92 Å². The van der Waals surface area contributed by atoms with Gasteiger partial charge in [0.25, 0.3) is 0 Å². The van der Waals surface area contributed by atoms with Crippen molar-refractivity contribution in [2.45, 2.75) is 438 Å². The van der Waals surface area contributed by atoms with Gasteiger partial charge in [0.1, 0.15) is 19.3 Å². The molecule has 0 spiro atoms. The van der Waals surface area contributed by atoms with E-state index >= 15 is 0 Å². The van der Waals surface area contributed by atoms with Crippen LogP contribution in [-0.4, -0.2) is 96.7 Å². The van der Waals surface area contributed by atoms with Crippen molar-refractivity contribution in [2.24, 2.45) is 5.92 Å². The fourth-order valence-electron chi connectivity index (χ4n) is 12.2. The monoisotopic (exact) mass is 1440 g/mol. The molecule has 0 aromatic heterocycles. The number of carbonyl (C=O) groups excluding carboxylic acids is 4. The van der Waals surface area contributed by atoms with Crippen molar-refractivity contribution in [3.63, 3.8) is 0 Å². The summed E-state index contributed by atoms with van der Waals surface area (Å²) >= 11 is 0. The van der Waals surface area contributed by atoms with Gasteiger partial charge in [-0.2, -0.15) is 0 Å². The van der Waals surface area contributed by atoms with Gasteiger partial charge >= 0.3 is 39.5 Å². The summed E-state index contributed by atoms with van der Waals surface area (Å²) in [7, 11) is -9.91. The fourth-order valence-corrected chi connectivity index (χ4v) is 13.8. The third-order valence-electron chi connectivity index (χ3n) is 18.5. The number of ether oxygens (including phenoxy) is 4. The minimum absolute atomic E-state index is 0.105. The third-order valence-corrected chi connectivity index (χ3v) is 20.4. The van der Waals surface area contributed by atoms with E-state index in [1.165, 1.54) is 231 Å². The van der Waals surface area contributed by atoms with Crippen molar-refractivity contribution >= 4 is 39.5 Å². The van der Waals surface area contributed by atoms with E-state index in [2.05, 4.69) is 34.6 Å². The lowest BCUT2D eigenvalue weighted by molar-refractivity contribution is -0.161. The molecule has 0 heterocycles. The van der Waals surface area contributed by atoms with Crippen LogP contribution in [0.1, 0.15) is 420 Å². The Morgan fingerprint density at radius 2 is 0.469 bits per heavy atom. The molecule has 0 aliphatic heterocycles. The highest BCUT2D eigenvalue weighted by Gasteiger charge is 2.30. The lowest BCUT2D eigenvalue weighted by Gasteiger charge is -2.21. The van der Waals surface area contributed by atoms with Gasteiger partial charge in [0.15, 0.2) is 12.2 Å². The van der Waals surface area contributed by atoms with Crippen LogP contribution in [0.3, 0.4) is 0 Å². The Balaban J connectivity index is 5.16. The van der Waals surface area contributed by atoms with Crippen LogP contribution in [0.2, 0.25) is 0 Å². The van der Waals surface area contributed by atoms with E-state index in [1.54, 1.807) is 0 Å². The standard InChI is InChI=1S/C79H154O17P2/c1-6-9-12-15-18-20-22-24-26-28-30-31-32-34-36-38-40-44-49-54-59-64-78(83)96-75(69-90-77(82)63-58-53-48-43-39-37-35-33-29-27-25-23-21-19-16-13-10-7-2)71-94-98(87,88)92-67-73(80)66-91-97(85,86)93-70-74(68-89-76(81)62-57-52-46-17-14-11-8-3)95-79(84)65-60-55-50-45-41-42-47-51-56-61-72(4)5/h72-75,80H,6-71H2,1-5H3,(H,85,86)(H,87,88)/t73-,74+,75+/m0/s1. The van der Waals surface area contributed by atoms with Crippen LogP contribution >= 0.6 is 15.6 Å². The number of carbonyl (C=O) groups is 4. The minimum atomic E-state index is -4.96. The van der Waals surface area contributed by atoms with E-state index in [0.29, 0.717) is 25.7 Å². The SMILES string of the molecule is CCCCCCCCCCCCCCCCCCCCCCCC(=O)O[C@H](COC(=O)CCCCCCCCCCCCCCCCCCCC)COP(=O)(O)OC[C@@H](O)COP(=O)(O)OC[C@@H](COC(=O)CCCCCCCCC)OC(=O)CCCCCCCCCCCC(C)C. The molecule has 0 fully saturated rings. The Bertz CT molecular complexity index is 1870. The summed E-state index contributed by atoms with van der Waals surface area (Å²) in [5.74, 6) is -1.38. The normalized spacial score (nSPS) is 13.9. The Morgan fingerprint density at radius 3 is 0.694 bits per heavy atom. The molecule has 98 heavy (non-hydrogen) atoms. The van der Waals surface area contributed by atoms with Crippen molar-refractivity contribution in [2.75, 3.05) is 39.6 Å². The number of unbranched alkanes of at least 4 members (excludes halogenated alkanes) is 51. The van der Waals surface area contributed by atoms with Crippen molar-refractivity contribution in [1.29, 1.82) is 0 Å². The molecule has 0 aliphatic rings. The van der Waals surface area contributed by atoms with Crippen molar-refractivity contribution in [3.8, 4) is 0 Å². The molecule has 19 heteroatoms. The van der Waals surface area contributed by atoms with Gasteiger partial charge in [-0.25, -0.2) is 9.13 Å². The van der Waals surface area contributed by atoms with E-state index in [-0.39, 0.29) is 25.7 Å². The van der Waals surface area contributed by atoms with Crippen molar-refractivity contribution in [1.82, 2.24) is 0 Å². The number of phosphoric acid groups is 2. The topological polar surface area (TPSA) is 237 Å². The molecule has 0 amide bonds. The lowest BCUT2D eigenvalue weighted by atomic mass is 10.0. The van der Waals surface area contributed by atoms with E-state index in [4.69, 9.17) is 37.0 Å². The number of hydrogen-bond acceptors (Lipinski definition) is 15. The van der Waals surface area contributed by atoms with Gasteiger partial charge in [-0.15, -0.1) is 0 Å². The van der Waals surface area contributed by atoms with Gasteiger partial charge in [0.05, 0.1) is 26.4 Å². The molecule has 0 aromatic carbocycles. The second kappa shape index (κ2) is 72.0. The van der Waals surface area contributed by atoms with E-state index in [9.17, 15) is 43.2 Å². The molecule has 0 saturated carbocycles. The predicted octanol–water partition coefficient (Wildman–Crippen LogP) is 23.6. The van der Waals surface area contributed by atoms with Gasteiger partial charge in [-0.05, 0) is 31.6 Å². The van der Waals surface area contributed by atoms with Crippen LogP contribution in [0.5, 0.6) is 0 Å². The van der Waals surface area contributed by atoms with Crippen LogP contribution in [0.4, 0.5) is 0 Å². The average molecular weight is 1440 g/mol. The Kier molecular flexibility index (Phi) is 70.6. The smallest absolute Gasteiger partial charge is 0.462 e.